The van der Waals surface area contributed by atoms with E-state index >= 15 is 0 Å². The zero-order valence-electron chi connectivity index (χ0n) is 12.6. The van der Waals surface area contributed by atoms with E-state index in [1.54, 1.807) is 51.1 Å². The normalized spacial score (nSPS) is 15.7. The maximum atomic E-state index is 11.8. The molecule has 0 spiro atoms. The summed E-state index contributed by atoms with van der Waals surface area (Å²) in [4.78, 5) is 23.2. The minimum absolute atomic E-state index is 0.582. The number of amides is 1. The minimum Gasteiger partial charge on any atom is -0.478 e. The van der Waals surface area contributed by atoms with Crippen molar-refractivity contribution in [2.75, 3.05) is 0 Å². The van der Waals surface area contributed by atoms with Crippen molar-refractivity contribution in [1.29, 1.82) is 0 Å². The Hall–Kier alpha value is -2.08. The topological polar surface area (TPSA) is 95.9 Å². The summed E-state index contributed by atoms with van der Waals surface area (Å²) in [6.45, 7) is 6.45. The number of hydrogen-bond donors (Lipinski definition) is 3. The van der Waals surface area contributed by atoms with Gasteiger partial charge in [-0.25, -0.2) is 9.59 Å². The number of aliphatic hydroxyl groups is 1. The molecule has 0 aliphatic carbocycles. The van der Waals surface area contributed by atoms with Crippen molar-refractivity contribution in [2.45, 2.75) is 44.9 Å². The fourth-order valence-corrected chi connectivity index (χ4v) is 1.79. The van der Waals surface area contributed by atoms with Crippen molar-refractivity contribution in [3.63, 3.8) is 0 Å². The van der Waals surface area contributed by atoms with Crippen LogP contribution in [0.3, 0.4) is 0 Å². The van der Waals surface area contributed by atoms with Gasteiger partial charge in [0.15, 0.2) is 0 Å². The number of carbonyl (C=O) groups is 2. The summed E-state index contributed by atoms with van der Waals surface area (Å²) in [6.07, 6.45) is -0.991. The van der Waals surface area contributed by atoms with Crippen LogP contribution < -0.4 is 5.32 Å². The van der Waals surface area contributed by atoms with Crippen LogP contribution in [0.25, 0.3) is 0 Å². The van der Waals surface area contributed by atoms with E-state index in [1.165, 1.54) is 6.92 Å². The molecule has 1 aromatic carbocycles. The number of carboxylic acids is 1. The molecule has 3 N–H and O–H groups in total. The van der Waals surface area contributed by atoms with Crippen molar-refractivity contribution in [3.8, 4) is 0 Å². The first kappa shape index (κ1) is 17.0. The molecule has 116 valence electrons. The first-order chi connectivity index (χ1) is 9.56. The van der Waals surface area contributed by atoms with E-state index in [9.17, 15) is 19.8 Å². The molecule has 0 fully saturated rings. The lowest BCUT2D eigenvalue weighted by atomic mass is 9.90. The van der Waals surface area contributed by atoms with Gasteiger partial charge in [-0.3, -0.25) is 5.32 Å². The van der Waals surface area contributed by atoms with Crippen LogP contribution in [0.4, 0.5) is 4.79 Å². The van der Waals surface area contributed by atoms with Crippen LogP contribution in [-0.4, -0.2) is 33.6 Å². The summed E-state index contributed by atoms with van der Waals surface area (Å²) in [5, 5.41) is 21.7. The van der Waals surface area contributed by atoms with Gasteiger partial charge in [0, 0.05) is 5.92 Å². The van der Waals surface area contributed by atoms with Crippen molar-refractivity contribution < 1.29 is 24.5 Å². The third kappa shape index (κ3) is 4.46. The van der Waals surface area contributed by atoms with Gasteiger partial charge >= 0.3 is 12.1 Å². The Kier molecular flexibility index (Phi) is 4.96. The molecule has 6 nitrogen and oxygen atoms in total. The van der Waals surface area contributed by atoms with Crippen LogP contribution in [0.5, 0.6) is 0 Å². The highest BCUT2D eigenvalue weighted by molar-refractivity contribution is 5.83. The van der Waals surface area contributed by atoms with E-state index in [-0.39, 0.29) is 0 Å². The second-order valence-electron chi connectivity index (χ2n) is 5.83. The maximum absolute atomic E-state index is 11.8. The Bertz CT molecular complexity index is 509. The van der Waals surface area contributed by atoms with Gasteiger partial charge in [0.05, 0.1) is 0 Å². The Labute approximate surface area is 123 Å². The van der Waals surface area contributed by atoms with Gasteiger partial charge < -0.3 is 14.9 Å². The summed E-state index contributed by atoms with van der Waals surface area (Å²) >= 11 is 0. The predicted octanol–water partition coefficient (Wildman–Crippen LogP) is 2.09. The molecule has 0 aromatic heterocycles. The van der Waals surface area contributed by atoms with E-state index in [1.807, 2.05) is 5.32 Å². The van der Waals surface area contributed by atoms with Gasteiger partial charge in [-0.15, -0.1) is 0 Å². The lowest BCUT2D eigenvalue weighted by Gasteiger charge is -2.32. The van der Waals surface area contributed by atoms with Crippen LogP contribution in [0.2, 0.25) is 0 Å². The highest BCUT2D eigenvalue weighted by atomic mass is 16.6. The Balaban J connectivity index is 2.99. The van der Waals surface area contributed by atoms with Gasteiger partial charge in [-0.2, -0.15) is 0 Å². The number of hydrogen-bond acceptors (Lipinski definition) is 4. The molecule has 1 unspecified atom stereocenters. The molecule has 0 aliphatic heterocycles. The largest absolute Gasteiger partial charge is 0.478 e. The van der Waals surface area contributed by atoms with Crippen molar-refractivity contribution in [3.05, 3.63) is 35.9 Å². The molecule has 2 atom stereocenters. The van der Waals surface area contributed by atoms with Crippen molar-refractivity contribution in [2.24, 2.45) is 0 Å². The van der Waals surface area contributed by atoms with Gasteiger partial charge in [-0.05, 0) is 26.3 Å². The van der Waals surface area contributed by atoms with Gasteiger partial charge in [-0.1, -0.05) is 37.3 Å². The first-order valence-corrected chi connectivity index (χ1v) is 6.58. The molecule has 0 bridgehead atoms. The van der Waals surface area contributed by atoms with Crippen molar-refractivity contribution in [1.82, 2.24) is 5.32 Å². The second kappa shape index (κ2) is 6.13. The number of carbonyl (C=O) groups excluding carboxylic acids is 1. The predicted molar refractivity (Wildman–Crippen MR) is 76.8 cm³/mol. The van der Waals surface area contributed by atoms with Crippen LogP contribution in [-0.2, 0) is 9.53 Å². The van der Waals surface area contributed by atoms with Gasteiger partial charge in [0.2, 0.25) is 5.72 Å². The second-order valence-corrected chi connectivity index (χ2v) is 5.83. The SMILES string of the molecule is CC(c1ccccc1)[C@@](O)(NC(=O)OC(C)(C)C)C(=O)O. The number of ether oxygens (including phenoxy) is 1. The number of carboxylic acid groups (broad SMARTS) is 1. The molecule has 1 amide bonds. The van der Waals surface area contributed by atoms with E-state index in [0.29, 0.717) is 5.56 Å². The molecular formula is C15H21NO5. The Morgan fingerprint density at radius 2 is 1.71 bits per heavy atom. The lowest BCUT2D eigenvalue weighted by Crippen LogP contribution is -2.58. The molecule has 21 heavy (non-hydrogen) atoms. The van der Waals surface area contributed by atoms with Gasteiger partial charge in [0.1, 0.15) is 5.60 Å². The minimum atomic E-state index is -2.45. The molecule has 6 heteroatoms. The van der Waals surface area contributed by atoms with E-state index < -0.39 is 29.3 Å². The van der Waals surface area contributed by atoms with Crippen LogP contribution in [0, 0.1) is 0 Å². The summed E-state index contributed by atoms with van der Waals surface area (Å²) < 4.78 is 5.00. The fraction of sp³-hybridized carbons (Fsp3) is 0.467. The number of aliphatic carboxylic acids is 1. The number of alkyl carbamates (subject to hydrolysis) is 1. The molecule has 1 aromatic rings. The van der Waals surface area contributed by atoms with Crippen LogP contribution in [0.1, 0.15) is 39.2 Å². The third-order valence-corrected chi connectivity index (χ3v) is 2.94. The highest BCUT2D eigenvalue weighted by Crippen LogP contribution is 2.26. The lowest BCUT2D eigenvalue weighted by molar-refractivity contribution is -0.164. The number of rotatable bonds is 4. The van der Waals surface area contributed by atoms with Gasteiger partial charge in [0.25, 0.3) is 0 Å². The molecule has 0 heterocycles. The standard InChI is InChI=1S/C15H21NO5/c1-10(11-8-6-5-7-9-11)15(20,12(17)18)16-13(19)21-14(2,3)4/h5-10,20H,1-4H3,(H,16,19)(H,17,18)/t10?,15-/m0/s1. The van der Waals surface area contributed by atoms with E-state index in [0.717, 1.165) is 0 Å². The monoisotopic (exact) mass is 295 g/mol. The smallest absolute Gasteiger partial charge is 0.410 e. The third-order valence-electron chi connectivity index (χ3n) is 2.94. The summed E-state index contributed by atoms with van der Waals surface area (Å²) in [5.74, 6) is -2.41. The van der Waals surface area contributed by atoms with Crippen molar-refractivity contribution >= 4 is 12.1 Å². The van der Waals surface area contributed by atoms with E-state index in [4.69, 9.17) is 4.74 Å². The highest BCUT2D eigenvalue weighted by Gasteiger charge is 2.45. The molecular weight excluding hydrogens is 274 g/mol. The maximum Gasteiger partial charge on any atom is 0.410 e. The van der Waals surface area contributed by atoms with E-state index in [2.05, 4.69) is 0 Å². The molecule has 0 saturated carbocycles. The molecule has 0 aliphatic rings. The summed E-state index contributed by atoms with van der Waals surface area (Å²) in [7, 11) is 0. The fourth-order valence-electron chi connectivity index (χ4n) is 1.79. The molecule has 0 radical (unpaired) electrons. The molecule has 1 rings (SSSR count). The zero-order chi connectivity index (χ0) is 16.3. The zero-order valence-corrected chi connectivity index (χ0v) is 12.6. The quantitative estimate of drug-likeness (QED) is 0.739. The number of benzene rings is 1. The Morgan fingerprint density at radius 3 is 2.14 bits per heavy atom. The van der Waals surface area contributed by atoms with Crippen LogP contribution >= 0.6 is 0 Å². The summed E-state index contributed by atoms with van der Waals surface area (Å²) in [6, 6.07) is 8.57. The Morgan fingerprint density at radius 1 is 1.19 bits per heavy atom. The summed E-state index contributed by atoms with van der Waals surface area (Å²) in [5.41, 5.74) is -2.66. The molecule has 0 saturated heterocycles. The average Bonchev–Trinajstić information content (AvgIpc) is 2.36. The van der Waals surface area contributed by atoms with Crippen LogP contribution in [0.15, 0.2) is 30.3 Å². The first-order valence-electron chi connectivity index (χ1n) is 6.58. The number of nitrogens with one attached hydrogen (secondary N) is 1. The average molecular weight is 295 g/mol.